The number of hydrogen-bond acceptors (Lipinski definition) is 6. The van der Waals surface area contributed by atoms with Gasteiger partial charge in [-0.2, -0.15) is 8.42 Å². The molecule has 0 aliphatic carbocycles. The summed E-state index contributed by atoms with van der Waals surface area (Å²) in [5.74, 6) is 0.840. The first-order valence-electron chi connectivity index (χ1n) is 5.39. The van der Waals surface area contributed by atoms with Crippen LogP contribution in [0, 0.1) is 0 Å². The molecule has 2 heterocycles. The molecule has 9 heteroatoms. The summed E-state index contributed by atoms with van der Waals surface area (Å²) in [6, 6.07) is 3.58. The minimum Gasteiger partial charge on any atom is -0.343 e. The van der Waals surface area contributed by atoms with Gasteiger partial charge in [-0.15, -0.1) is 0 Å². The second-order valence-electron chi connectivity index (χ2n) is 3.91. The SMILES string of the molecule is CS(=O)(=O)ON=C1SCCN1Cc1ccc(Cl)nc1. The first kappa shape index (κ1) is 14.4. The van der Waals surface area contributed by atoms with Gasteiger partial charge in [0.1, 0.15) is 5.15 Å². The molecule has 6 nitrogen and oxygen atoms in total. The number of aromatic nitrogens is 1. The number of pyridine rings is 1. The van der Waals surface area contributed by atoms with Crippen molar-refractivity contribution in [3.8, 4) is 0 Å². The van der Waals surface area contributed by atoms with E-state index in [1.165, 1.54) is 11.8 Å². The Labute approximate surface area is 120 Å². The van der Waals surface area contributed by atoms with Crippen LogP contribution in [0.15, 0.2) is 23.5 Å². The lowest BCUT2D eigenvalue weighted by Gasteiger charge is -2.16. The van der Waals surface area contributed by atoms with Gasteiger partial charge >= 0.3 is 10.1 Å². The van der Waals surface area contributed by atoms with E-state index in [2.05, 4.69) is 14.4 Å². The Hall–Kier alpha value is -0.990. The van der Waals surface area contributed by atoms with Gasteiger partial charge in [0.15, 0.2) is 0 Å². The summed E-state index contributed by atoms with van der Waals surface area (Å²) in [5.41, 5.74) is 0.971. The molecular formula is C10H12ClN3O3S2. The fourth-order valence-electron chi connectivity index (χ4n) is 1.48. The minimum absolute atomic E-state index is 0.439. The summed E-state index contributed by atoms with van der Waals surface area (Å²) in [5, 5.41) is 4.66. The highest BCUT2D eigenvalue weighted by atomic mass is 35.5. The molecule has 1 fully saturated rings. The van der Waals surface area contributed by atoms with Gasteiger partial charge in [0.05, 0.1) is 6.26 Å². The molecule has 0 spiro atoms. The van der Waals surface area contributed by atoms with Gasteiger partial charge in [-0.1, -0.05) is 29.4 Å². The summed E-state index contributed by atoms with van der Waals surface area (Å²) >= 11 is 7.17. The Morgan fingerprint density at radius 1 is 1.58 bits per heavy atom. The van der Waals surface area contributed by atoms with E-state index < -0.39 is 10.1 Å². The van der Waals surface area contributed by atoms with Crippen molar-refractivity contribution in [2.24, 2.45) is 5.16 Å². The van der Waals surface area contributed by atoms with Crippen LogP contribution in [0.3, 0.4) is 0 Å². The monoisotopic (exact) mass is 321 g/mol. The lowest BCUT2D eigenvalue weighted by molar-refractivity contribution is 0.330. The fraction of sp³-hybridized carbons (Fsp3) is 0.400. The van der Waals surface area contributed by atoms with E-state index in [1.54, 1.807) is 12.3 Å². The Morgan fingerprint density at radius 2 is 2.37 bits per heavy atom. The van der Waals surface area contributed by atoms with E-state index in [-0.39, 0.29) is 0 Å². The van der Waals surface area contributed by atoms with Crippen LogP contribution in [0.2, 0.25) is 5.15 Å². The molecule has 0 saturated carbocycles. The molecule has 0 amide bonds. The maximum atomic E-state index is 10.9. The van der Waals surface area contributed by atoms with Crippen LogP contribution in [0.4, 0.5) is 0 Å². The maximum absolute atomic E-state index is 10.9. The number of nitrogens with zero attached hydrogens (tertiary/aromatic N) is 3. The molecule has 1 aliphatic heterocycles. The van der Waals surface area contributed by atoms with E-state index in [0.29, 0.717) is 16.9 Å². The van der Waals surface area contributed by atoms with Crippen LogP contribution in [0.25, 0.3) is 0 Å². The Bertz CT molecular complexity index is 574. The van der Waals surface area contributed by atoms with Crippen molar-refractivity contribution in [1.82, 2.24) is 9.88 Å². The molecular weight excluding hydrogens is 310 g/mol. The van der Waals surface area contributed by atoms with Gasteiger partial charge < -0.3 is 4.90 Å². The highest BCUT2D eigenvalue weighted by Crippen LogP contribution is 2.21. The molecule has 1 saturated heterocycles. The normalized spacial score (nSPS) is 18.0. The molecule has 1 aromatic heterocycles. The summed E-state index contributed by atoms with van der Waals surface area (Å²) in [7, 11) is -3.57. The summed E-state index contributed by atoms with van der Waals surface area (Å²) < 4.78 is 26.3. The van der Waals surface area contributed by atoms with E-state index >= 15 is 0 Å². The second kappa shape index (κ2) is 5.98. The van der Waals surface area contributed by atoms with Gasteiger partial charge in [-0.25, -0.2) is 4.98 Å². The Balaban J connectivity index is 2.05. The van der Waals surface area contributed by atoms with Gasteiger partial charge in [0.25, 0.3) is 0 Å². The second-order valence-corrected chi connectivity index (χ2v) is 6.92. The lowest BCUT2D eigenvalue weighted by Crippen LogP contribution is -2.24. The van der Waals surface area contributed by atoms with Crippen LogP contribution in [0.5, 0.6) is 0 Å². The van der Waals surface area contributed by atoms with Gasteiger partial charge in [0.2, 0.25) is 5.17 Å². The third kappa shape index (κ3) is 4.55. The molecule has 2 rings (SSSR count). The summed E-state index contributed by atoms with van der Waals surface area (Å²) in [4.78, 5) is 5.93. The number of oxime groups is 1. The number of rotatable bonds is 4. The average molecular weight is 322 g/mol. The summed E-state index contributed by atoms with van der Waals surface area (Å²) in [6.45, 7) is 1.36. The topological polar surface area (TPSA) is 71.9 Å². The molecule has 0 bridgehead atoms. The number of halogens is 1. The molecule has 1 aliphatic rings. The van der Waals surface area contributed by atoms with E-state index in [9.17, 15) is 8.42 Å². The Morgan fingerprint density at radius 3 is 3.00 bits per heavy atom. The van der Waals surface area contributed by atoms with Crippen molar-refractivity contribution >= 4 is 38.6 Å². The van der Waals surface area contributed by atoms with Crippen molar-refractivity contribution in [2.45, 2.75) is 6.54 Å². The fourth-order valence-corrected chi connectivity index (χ4v) is 2.77. The number of amidine groups is 1. The van der Waals surface area contributed by atoms with Crippen LogP contribution in [-0.2, 0) is 20.9 Å². The van der Waals surface area contributed by atoms with Crippen molar-refractivity contribution in [2.75, 3.05) is 18.6 Å². The number of thioether (sulfide) groups is 1. The van der Waals surface area contributed by atoms with Crippen LogP contribution in [0.1, 0.15) is 5.56 Å². The van der Waals surface area contributed by atoms with Gasteiger partial charge in [-0.05, 0) is 16.8 Å². The zero-order valence-electron chi connectivity index (χ0n) is 10.1. The lowest BCUT2D eigenvalue weighted by atomic mass is 10.3. The highest BCUT2D eigenvalue weighted by molar-refractivity contribution is 8.14. The molecule has 0 N–H and O–H groups in total. The van der Waals surface area contributed by atoms with E-state index in [1.807, 2.05) is 11.0 Å². The zero-order chi connectivity index (χ0) is 13.9. The predicted molar refractivity (Wildman–Crippen MR) is 75.5 cm³/mol. The standard InChI is InChI=1S/C10H12ClN3O3S2/c1-19(15,16)17-13-10-14(4-5-18-10)7-8-2-3-9(11)12-6-8/h2-3,6H,4-5,7H2,1H3. The van der Waals surface area contributed by atoms with Crippen LogP contribution in [-0.4, -0.2) is 42.0 Å². The Kier molecular flexibility index (Phi) is 4.54. The molecule has 1 aromatic rings. The van der Waals surface area contributed by atoms with Crippen molar-refractivity contribution in [1.29, 1.82) is 0 Å². The van der Waals surface area contributed by atoms with Crippen LogP contribution < -0.4 is 0 Å². The third-order valence-corrected chi connectivity index (χ3v) is 3.82. The predicted octanol–water partition coefficient (Wildman–Crippen LogP) is 1.53. The van der Waals surface area contributed by atoms with Crippen molar-refractivity contribution < 1.29 is 12.7 Å². The molecule has 0 unspecified atom stereocenters. The van der Waals surface area contributed by atoms with Crippen molar-refractivity contribution in [3.63, 3.8) is 0 Å². The van der Waals surface area contributed by atoms with Gasteiger partial charge in [0, 0.05) is 25.0 Å². The minimum atomic E-state index is -3.57. The molecule has 19 heavy (non-hydrogen) atoms. The largest absolute Gasteiger partial charge is 0.343 e. The maximum Gasteiger partial charge on any atom is 0.325 e. The molecule has 0 aromatic carbocycles. The first-order chi connectivity index (χ1) is 8.94. The average Bonchev–Trinajstić information content (AvgIpc) is 2.76. The van der Waals surface area contributed by atoms with Crippen molar-refractivity contribution in [3.05, 3.63) is 29.0 Å². The first-order valence-corrected chi connectivity index (χ1v) is 8.57. The quantitative estimate of drug-likeness (QED) is 0.618. The van der Waals surface area contributed by atoms with Crippen LogP contribution >= 0.6 is 23.4 Å². The molecule has 104 valence electrons. The number of hydrogen-bond donors (Lipinski definition) is 0. The smallest absolute Gasteiger partial charge is 0.325 e. The zero-order valence-corrected chi connectivity index (χ0v) is 12.5. The summed E-state index contributed by atoms with van der Waals surface area (Å²) in [6.07, 6.45) is 2.64. The molecule has 0 radical (unpaired) electrons. The van der Waals surface area contributed by atoms with E-state index in [4.69, 9.17) is 11.6 Å². The molecule has 0 atom stereocenters. The third-order valence-electron chi connectivity index (χ3n) is 2.28. The highest BCUT2D eigenvalue weighted by Gasteiger charge is 2.21. The van der Waals surface area contributed by atoms with E-state index in [0.717, 1.165) is 24.1 Å². The van der Waals surface area contributed by atoms with Gasteiger partial charge in [-0.3, -0.25) is 4.28 Å².